The van der Waals surface area contributed by atoms with Gasteiger partial charge < -0.3 is 6.15 Å². The van der Waals surface area contributed by atoms with E-state index >= 15 is 0 Å². The van der Waals surface area contributed by atoms with Crippen LogP contribution in [0.2, 0.25) is 0 Å². The maximum Gasteiger partial charge on any atom is 0.267 e. The van der Waals surface area contributed by atoms with E-state index in [0.29, 0.717) is 0 Å². The lowest BCUT2D eigenvalue weighted by atomic mass is 10.0. The van der Waals surface area contributed by atoms with E-state index in [4.69, 9.17) is 4.55 Å². The third-order valence-electron chi connectivity index (χ3n) is 2.23. The molecule has 19 heavy (non-hydrogen) atoms. The Hall–Kier alpha value is -0.480. The van der Waals surface area contributed by atoms with Gasteiger partial charge in [-0.15, -0.1) is 0 Å². The van der Waals surface area contributed by atoms with Gasteiger partial charge in [0.05, 0.1) is 6.67 Å². The summed E-state index contributed by atoms with van der Waals surface area (Å²) in [6.45, 7) is -0.725. The monoisotopic (exact) mass is 315 g/mol. The van der Waals surface area contributed by atoms with Gasteiger partial charge in [0.15, 0.2) is 18.5 Å². The normalized spacial score (nSPS) is 18.2. The van der Waals surface area contributed by atoms with Crippen LogP contribution in [0.4, 0.5) is 22.0 Å². The fourth-order valence-corrected chi connectivity index (χ4v) is 1.87. The molecule has 0 radical (unpaired) electrons. The van der Waals surface area contributed by atoms with Gasteiger partial charge in [-0.1, -0.05) is 0 Å². The molecule has 0 fully saturated rings. The minimum absolute atomic E-state index is 0. The van der Waals surface area contributed by atoms with E-state index in [0.717, 1.165) is 0 Å². The van der Waals surface area contributed by atoms with E-state index in [2.05, 4.69) is 0 Å². The first-order valence-corrected chi connectivity index (χ1v) is 6.87. The van der Waals surface area contributed by atoms with E-state index < -0.39 is 53.7 Å². The largest absolute Gasteiger partial charge is 0.344 e. The van der Waals surface area contributed by atoms with Crippen LogP contribution in [-0.2, 0) is 10.1 Å². The van der Waals surface area contributed by atoms with Crippen molar-refractivity contribution in [1.29, 1.82) is 0 Å². The number of unbranched alkanes of at least 4 members (excludes halogenated alkanes) is 1. The minimum Gasteiger partial charge on any atom is -0.344 e. The molecule has 0 aliphatic heterocycles. The molecule has 0 aromatic carbocycles. The fourth-order valence-electron chi connectivity index (χ4n) is 1.29. The highest BCUT2D eigenvalue weighted by molar-refractivity contribution is 7.85. The second kappa shape index (κ2) is 9.43. The van der Waals surface area contributed by atoms with Gasteiger partial charge in [-0.25, -0.2) is 17.6 Å². The molecule has 0 bridgehead atoms. The average Bonchev–Trinajstić information content (AvgIpc) is 2.24. The van der Waals surface area contributed by atoms with Crippen molar-refractivity contribution in [1.82, 2.24) is 6.15 Å². The number of alkyl halides is 5. The summed E-state index contributed by atoms with van der Waals surface area (Å²) in [5, 5.41) is 0. The van der Waals surface area contributed by atoms with Gasteiger partial charge in [-0.2, -0.15) is 8.42 Å². The van der Waals surface area contributed by atoms with Crippen LogP contribution in [0.5, 0.6) is 0 Å². The zero-order chi connectivity index (χ0) is 14.3. The summed E-state index contributed by atoms with van der Waals surface area (Å²) in [5.74, 6) is -1.63. The number of rotatable bonds is 9. The van der Waals surface area contributed by atoms with Crippen molar-refractivity contribution in [3.63, 3.8) is 0 Å². The molecule has 0 amide bonds. The number of halogens is 5. The minimum atomic E-state index is -4.80. The maximum atomic E-state index is 13.1. The standard InChI is InChI=1S/C9H15F5O3S.H3N/c10-4-2-1-3-6(11)8(13)9(14)7(12)5-18(15,16)17;/h6-9H,1-5H2,(H,15,16,17);1H3. The second-order valence-corrected chi connectivity index (χ2v) is 5.35. The van der Waals surface area contributed by atoms with E-state index in [1.165, 1.54) is 0 Å². The van der Waals surface area contributed by atoms with Crippen LogP contribution < -0.4 is 6.15 Å². The average molecular weight is 315 g/mol. The van der Waals surface area contributed by atoms with Crippen LogP contribution in [0.1, 0.15) is 19.3 Å². The highest BCUT2D eigenvalue weighted by atomic mass is 32.2. The Balaban J connectivity index is 0. The SMILES string of the molecule is N.O=S(=O)(O)CC(F)C(F)C(F)C(F)CCCCF. The third kappa shape index (κ3) is 9.11. The Morgan fingerprint density at radius 1 is 0.947 bits per heavy atom. The first-order chi connectivity index (χ1) is 8.19. The fraction of sp³-hybridized carbons (Fsp3) is 1.00. The highest BCUT2D eigenvalue weighted by Crippen LogP contribution is 2.21. The summed E-state index contributed by atoms with van der Waals surface area (Å²) < 4.78 is 92.5. The quantitative estimate of drug-likeness (QED) is 0.389. The molecule has 4 N–H and O–H groups in total. The van der Waals surface area contributed by atoms with Gasteiger partial charge >= 0.3 is 0 Å². The molecule has 0 aromatic rings. The smallest absolute Gasteiger partial charge is 0.267 e. The van der Waals surface area contributed by atoms with Crippen molar-refractivity contribution in [3.05, 3.63) is 0 Å². The van der Waals surface area contributed by atoms with E-state index in [1.807, 2.05) is 0 Å². The van der Waals surface area contributed by atoms with Crippen molar-refractivity contribution in [3.8, 4) is 0 Å². The molecule has 0 saturated heterocycles. The molecule has 0 heterocycles. The van der Waals surface area contributed by atoms with Gasteiger partial charge in [-0.05, 0) is 19.3 Å². The van der Waals surface area contributed by atoms with Crippen molar-refractivity contribution < 1.29 is 34.9 Å². The molecule has 0 saturated carbocycles. The van der Waals surface area contributed by atoms with Crippen LogP contribution in [-0.4, -0.2) is 50.1 Å². The second-order valence-electron chi connectivity index (χ2n) is 3.85. The maximum absolute atomic E-state index is 13.1. The zero-order valence-electron chi connectivity index (χ0n) is 10.1. The van der Waals surface area contributed by atoms with E-state index in [1.54, 1.807) is 0 Å². The van der Waals surface area contributed by atoms with Crippen LogP contribution in [0.25, 0.3) is 0 Å². The third-order valence-corrected chi connectivity index (χ3v) is 2.97. The molecule has 0 aromatic heterocycles. The van der Waals surface area contributed by atoms with Crippen molar-refractivity contribution in [2.45, 2.75) is 43.9 Å². The molecule has 10 heteroatoms. The highest BCUT2D eigenvalue weighted by Gasteiger charge is 2.37. The number of hydrogen-bond donors (Lipinski definition) is 2. The van der Waals surface area contributed by atoms with Crippen molar-refractivity contribution in [2.75, 3.05) is 12.4 Å². The summed E-state index contributed by atoms with van der Waals surface area (Å²) >= 11 is 0. The number of hydrogen-bond acceptors (Lipinski definition) is 3. The molecule has 0 rings (SSSR count). The van der Waals surface area contributed by atoms with Crippen LogP contribution >= 0.6 is 0 Å². The predicted octanol–water partition coefficient (Wildman–Crippen LogP) is 2.53. The van der Waals surface area contributed by atoms with Gasteiger partial charge in [0.1, 0.15) is 11.9 Å². The first kappa shape index (κ1) is 20.8. The Morgan fingerprint density at radius 2 is 1.42 bits per heavy atom. The van der Waals surface area contributed by atoms with E-state index in [9.17, 15) is 30.4 Å². The van der Waals surface area contributed by atoms with Gasteiger partial charge in [0.2, 0.25) is 0 Å². The van der Waals surface area contributed by atoms with Gasteiger partial charge in [-0.3, -0.25) is 8.94 Å². The summed E-state index contributed by atoms with van der Waals surface area (Å²) in [4.78, 5) is 0. The lowest BCUT2D eigenvalue weighted by Crippen LogP contribution is -2.38. The summed E-state index contributed by atoms with van der Waals surface area (Å²) in [5.41, 5.74) is 0. The molecule has 4 nitrogen and oxygen atoms in total. The summed E-state index contributed by atoms with van der Waals surface area (Å²) in [7, 11) is -4.80. The molecule has 0 aliphatic rings. The van der Waals surface area contributed by atoms with Crippen LogP contribution in [0.3, 0.4) is 0 Å². The molecule has 0 aliphatic carbocycles. The molecular weight excluding hydrogens is 297 g/mol. The molecular formula is C9H18F5NO3S. The first-order valence-electron chi connectivity index (χ1n) is 5.26. The lowest BCUT2D eigenvalue weighted by Gasteiger charge is -2.19. The topological polar surface area (TPSA) is 89.4 Å². The van der Waals surface area contributed by atoms with E-state index in [-0.39, 0.29) is 19.0 Å². The van der Waals surface area contributed by atoms with Crippen LogP contribution in [0.15, 0.2) is 0 Å². The van der Waals surface area contributed by atoms with Gasteiger partial charge in [0, 0.05) is 0 Å². The Labute approximate surface area is 108 Å². The zero-order valence-corrected chi connectivity index (χ0v) is 10.9. The molecule has 4 unspecified atom stereocenters. The Morgan fingerprint density at radius 3 is 1.84 bits per heavy atom. The summed E-state index contributed by atoms with van der Waals surface area (Å²) in [6, 6.07) is 0. The van der Waals surface area contributed by atoms with Crippen molar-refractivity contribution in [2.24, 2.45) is 0 Å². The van der Waals surface area contributed by atoms with Gasteiger partial charge in [0.25, 0.3) is 10.1 Å². The summed E-state index contributed by atoms with van der Waals surface area (Å²) in [6.07, 6.45) is -11.6. The predicted molar refractivity (Wildman–Crippen MR) is 60.8 cm³/mol. The van der Waals surface area contributed by atoms with Crippen molar-refractivity contribution >= 4 is 10.1 Å². The lowest BCUT2D eigenvalue weighted by molar-refractivity contribution is 0.0353. The molecule has 118 valence electrons. The Kier molecular flexibility index (Phi) is 10.3. The molecule has 0 spiro atoms. The van der Waals surface area contributed by atoms with Crippen LogP contribution in [0, 0.1) is 0 Å². The Bertz CT molecular complexity index is 330. The molecule has 4 atom stereocenters.